The Bertz CT molecular complexity index is 634. The standard InChI is InChI=1S/C17H18O5/c1-2-12-3-5-13(6-4-12)21-9-10-22-14-7-8-15(17(19)20)16(18)11-14/h3-8,11,18H,2,9-10H2,1H3,(H,19,20). The molecule has 22 heavy (non-hydrogen) atoms. The third-order valence-corrected chi connectivity index (χ3v) is 3.15. The monoisotopic (exact) mass is 302 g/mol. The summed E-state index contributed by atoms with van der Waals surface area (Å²) in [4.78, 5) is 10.8. The van der Waals surface area contributed by atoms with E-state index in [-0.39, 0.29) is 11.3 Å². The van der Waals surface area contributed by atoms with Gasteiger partial charge in [0.05, 0.1) is 0 Å². The van der Waals surface area contributed by atoms with E-state index in [0.29, 0.717) is 19.0 Å². The van der Waals surface area contributed by atoms with E-state index in [1.807, 2.05) is 24.3 Å². The largest absolute Gasteiger partial charge is 0.507 e. The molecule has 2 aromatic carbocycles. The lowest BCUT2D eigenvalue weighted by molar-refractivity contribution is 0.0693. The molecule has 0 aliphatic rings. The summed E-state index contributed by atoms with van der Waals surface area (Å²) in [6.45, 7) is 2.74. The first-order valence-corrected chi connectivity index (χ1v) is 7.01. The van der Waals surface area contributed by atoms with Crippen LogP contribution in [0.25, 0.3) is 0 Å². The van der Waals surface area contributed by atoms with E-state index in [0.717, 1.165) is 12.2 Å². The van der Waals surface area contributed by atoms with E-state index in [1.165, 1.54) is 23.8 Å². The van der Waals surface area contributed by atoms with Crippen LogP contribution in [0.5, 0.6) is 17.2 Å². The van der Waals surface area contributed by atoms with Gasteiger partial charge < -0.3 is 19.7 Å². The number of hydrogen-bond acceptors (Lipinski definition) is 4. The molecule has 0 amide bonds. The van der Waals surface area contributed by atoms with Gasteiger partial charge in [-0.3, -0.25) is 0 Å². The van der Waals surface area contributed by atoms with Crippen molar-refractivity contribution in [1.29, 1.82) is 0 Å². The van der Waals surface area contributed by atoms with Gasteiger partial charge in [-0.2, -0.15) is 0 Å². The Hall–Kier alpha value is -2.69. The quantitative estimate of drug-likeness (QED) is 0.769. The summed E-state index contributed by atoms with van der Waals surface area (Å²) in [6.07, 6.45) is 0.985. The first kappa shape index (κ1) is 15.7. The molecular formula is C17H18O5. The van der Waals surface area contributed by atoms with Crippen LogP contribution in [0.1, 0.15) is 22.8 Å². The van der Waals surface area contributed by atoms with Gasteiger partial charge in [0.2, 0.25) is 0 Å². The van der Waals surface area contributed by atoms with Crippen molar-refractivity contribution in [3.63, 3.8) is 0 Å². The zero-order chi connectivity index (χ0) is 15.9. The smallest absolute Gasteiger partial charge is 0.339 e. The minimum atomic E-state index is -1.18. The fourth-order valence-electron chi connectivity index (χ4n) is 1.92. The molecule has 2 N–H and O–H groups in total. The summed E-state index contributed by atoms with van der Waals surface area (Å²) < 4.78 is 10.9. The Kier molecular flexibility index (Phi) is 5.25. The van der Waals surface area contributed by atoms with Crippen LogP contribution >= 0.6 is 0 Å². The summed E-state index contributed by atoms with van der Waals surface area (Å²) in [7, 11) is 0. The SMILES string of the molecule is CCc1ccc(OCCOc2ccc(C(=O)O)c(O)c2)cc1. The molecule has 2 rings (SSSR count). The molecule has 0 fully saturated rings. The van der Waals surface area contributed by atoms with Crippen LogP contribution in [-0.2, 0) is 6.42 Å². The fourth-order valence-corrected chi connectivity index (χ4v) is 1.92. The second-order valence-corrected chi connectivity index (χ2v) is 4.68. The molecule has 0 unspecified atom stereocenters. The molecule has 0 atom stereocenters. The van der Waals surface area contributed by atoms with E-state index >= 15 is 0 Å². The topological polar surface area (TPSA) is 76.0 Å². The molecule has 0 radical (unpaired) electrons. The number of hydrogen-bond donors (Lipinski definition) is 2. The molecule has 0 saturated carbocycles. The molecule has 0 aromatic heterocycles. The van der Waals surface area contributed by atoms with Gasteiger partial charge in [-0.1, -0.05) is 19.1 Å². The van der Waals surface area contributed by atoms with Crippen LogP contribution in [0.15, 0.2) is 42.5 Å². The average molecular weight is 302 g/mol. The molecule has 0 aliphatic heterocycles. The lowest BCUT2D eigenvalue weighted by Crippen LogP contribution is -2.09. The Morgan fingerprint density at radius 2 is 1.59 bits per heavy atom. The summed E-state index contributed by atoms with van der Waals surface area (Å²) in [5.74, 6) is -0.332. The van der Waals surface area contributed by atoms with Crippen LogP contribution in [-0.4, -0.2) is 29.4 Å². The minimum Gasteiger partial charge on any atom is -0.507 e. The summed E-state index contributed by atoms with van der Waals surface area (Å²) >= 11 is 0. The maximum absolute atomic E-state index is 10.8. The van der Waals surface area contributed by atoms with Crippen molar-refractivity contribution in [3.8, 4) is 17.2 Å². The Labute approximate surface area is 128 Å². The van der Waals surface area contributed by atoms with Gasteiger partial charge in [0.25, 0.3) is 0 Å². The highest BCUT2D eigenvalue weighted by molar-refractivity contribution is 5.90. The summed E-state index contributed by atoms with van der Waals surface area (Å²) in [6, 6.07) is 11.9. The van der Waals surface area contributed by atoms with Crippen molar-refractivity contribution in [1.82, 2.24) is 0 Å². The number of phenols is 1. The van der Waals surface area contributed by atoms with Crippen molar-refractivity contribution in [2.45, 2.75) is 13.3 Å². The zero-order valence-corrected chi connectivity index (χ0v) is 12.3. The fraction of sp³-hybridized carbons (Fsp3) is 0.235. The lowest BCUT2D eigenvalue weighted by atomic mass is 10.2. The molecule has 0 heterocycles. The second-order valence-electron chi connectivity index (χ2n) is 4.68. The number of carboxylic acids is 1. The Balaban J connectivity index is 1.81. The van der Waals surface area contributed by atoms with Gasteiger partial charge in [-0.15, -0.1) is 0 Å². The maximum Gasteiger partial charge on any atom is 0.339 e. The second kappa shape index (κ2) is 7.36. The molecule has 5 heteroatoms. The first-order valence-electron chi connectivity index (χ1n) is 7.01. The molecule has 2 aromatic rings. The normalized spacial score (nSPS) is 10.2. The van der Waals surface area contributed by atoms with Crippen LogP contribution < -0.4 is 9.47 Å². The highest BCUT2D eigenvalue weighted by Crippen LogP contribution is 2.23. The van der Waals surface area contributed by atoms with Gasteiger partial charge in [0.15, 0.2) is 0 Å². The molecule has 0 bridgehead atoms. The number of aromatic carboxylic acids is 1. The molecular weight excluding hydrogens is 284 g/mol. The molecule has 0 aliphatic carbocycles. The lowest BCUT2D eigenvalue weighted by Gasteiger charge is -2.09. The van der Waals surface area contributed by atoms with Crippen molar-refractivity contribution in [2.75, 3.05) is 13.2 Å². The van der Waals surface area contributed by atoms with Gasteiger partial charge in [0, 0.05) is 6.07 Å². The predicted molar refractivity (Wildman–Crippen MR) is 81.9 cm³/mol. The van der Waals surface area contributed by atoms with Crippen molar-refractivity contribution in [2.24, 2.45) is 0 Å². The van der Waals surface area contributed by atoms with Crippen LogP contribution in [0.3, 0.4) is 0 Å². The number of carboxylic acid groups (broad SMARTS) is 1. The molecule has 0 spiro atoms. The van der Waals surface area contributed by atoms with E-state index in [2.05, 4.69) is 6.92 Å². The number of rotatable bonds is 7. The maximum atomic E-state index is 10.8. The number of ether oxygens (including phenoxy) is 2. The van der Waals surface area contributed by atoms with E-state index in [4.69, 9.17) is 14.6 Å². The van der Waals surface area contributed by atoms with E-state index < -0.39 is 5.97 Å². The number of carbonyl (C=O) groups is 1. The number of aryl methyl sites for hydroxylation is 1. The molecule has 5 nitrogen and oxygen atoms in total. The first-order chi connectivity index (χ1) is 10.6. The number of benzene rings is 2. The van der Waals surface area contributed by atoms with Gasteiger partial charge in [0.1, 0.15) is 36.0 Å². The highest BCUT2D eigenvalue weighted by Gasteiger charge is 2.09. The molecule has 116 valence electrons. The van der Waals surface area contributed by atoms with Crippen molar-refractivity contribution in [3.05, 3.63) is 53.6 Å². The van der Waals surface area contributed by atoms with Crippen LogP contribution in [0.2, 0.25) is 0 Å². The third-order valence-electron chi connectivity index (χ3n) is 3.15. The van der Waals surface area contributed by atoms with Crippen LogP contribution in [0.4, 0.5) is 0 Å². The molecule has 0 saturated heterocycles. The number of aromatic hydroxyl groups is 1. The van der Waals surface area contributed by atoms with Crippen molar-refractivity contribution < 1.29 is 24.5 Å². The van der Waals surface area contributed by atoms with Crippen LogP contribution in [0, 0.1) is 0 Å². The van der Waals surface area contributed by atoms with Crippen molar-refractivity contribution >= 4 is 5.97 Å². The third kappa shape index (κ3) is 4.15. The van der Waals surface area contributed by atoms with E-state index in [1.54, 1.807) is 0 Å². The van der Waals surface area contributed by atoms with Gasteiger partial charge in [-0.05, 0) is 36.2 Å². The average Bonchev–Trinajstić information content (AvgIpc) is 2.52. The predicted octanol–water partition coefficient (Wildman–Crippen LogP) is 3.11. The van der Waals surface area contributed by atoms with Gasteiger partial charge in [-0.25, -0.2) is 4.79 Å². The Morgan fingerprint density at radius 3 is 2.14 bits per heavy atom. The minimum absolute atomic E-state index is 0.153. The summed E-state index contributed by atoms with van der Waals surface area (Å²) in [5, 5.41) is 18.4. The van der Waals surface area contributed by atoms with Gasteiger partial charge >= 0.3 is 5.97 Å². The van der Waals surface area contributed by atoms with E-state index in [9.17, 15) is 9.90 Å². The summed E-state index contributed by atoms with van der Waals surface area (Å²) in [5.41, 5.74) is 1.09. The highest BCUT2D eigenvalue weighted by atomic mass is 16.5. The Morgan fingerprint density at radius 1 is 1.00 bits per heavy atom. The zero-order valence-electron chi connectivity index (χ0n) is 12.3.